The van der Waals surface area contributed by atoms with Crippen LogP contribution in [-0.4, -0.2) is 70.0 Å². The summed E-state index contributed by atoms with van der Waals surface area (Å²) in [6.07, 6.45) is 2.69. The number of rotatable bonds is 8. The SMILES string of the molecule is O=C(OC(=O)N1CCNCC1)c1nc(Cc2ccccc2)n([C@@H]2CCCC[C@]2(O)COc2ccccc2)c1-c1ccccc1. The molecule has 9 nitrogen and oxygen atoms in total. The van der Waals surface area contributed by atoms with Gasteiger partial charge in [-0.25, -0.2) is 14.6 Å². The third kappa shape index (κ3) is 6.54. The monoisotopic (exact) mass is 594 g/mol. The van der Waals surface area contributed by atoms with E-state index in [0.29, 0.717) is 62.7 Å². The lowest BCUT2D eigenvalue weighted by Crippen LogP contribution is -2.47. The Morgan fingerprint density at radius 3 is 2.27 bits per heavy atom. The highest BCUT2D eigenvalue weighted by Gasteiger charge is 2.44. The molecule has 1 amide bonds. The molecule has 9 heteroatoms. The maximum absolute atomic E-state index is 13.8. The van der Waals surface area contributed by atoms with E-state index >= 15 is 0 Å². The highest BCUT2D eigenvalue weighted by atomic mass is 16.6. The van der Waals surface area contributed by atoms with E-state index in [1.54, 1.807) is 0 Å². The van der Waals surface area contributed by atoms with Crippen molar-refractivity contribution in [3.63, 3.8) is 0 Å². The van der Waals surface area contributed by atoms with Gasteiger partial charge in [0, 0.05) is 38.2 Å². The first-order chi connectivity index (χ1) is 21.5. The summed E-state index contributed by atoms with van der Waals surface area (Å²) in [7, 11) is 0. The average Bonchev–Trinajstić information content (AvgIpc) is 3.44. The van der Waals surface area contributed by atoms with E-state index in [4.69, 9.17) is 14.5 Å². The minimum Gasteiger partial charge on any atom is -0.491 e. The number of piperazine rings is 1. The van der Waals surface area contributed by atoms with Crippen LogP contribution in [0, 0.1) is 0 Å². The van der Waals surface area contributed by atoms with E-state index in [1.807, 2.05) is 95.6 Å². The molecule has 2 aliphatic rings. The average molecular weight is 595 g/mol. The van der Waals surface area contributed by atoms with Gasteiger partial charge in [0.2, 0.25) is 0 Å². The van der Waals surface area contributed by atoms with Crippen LogP contribution in [0.1, 0.15) is 53.6 Å². The van der Waals surface area contributed by atoms with Crippen molar-refractivity contribution in [2.75, 3.05) is 32.8 Å². The van der Waals surface area contributed by atoms with Crippen molar-refractivity contribution in [1.29, 1.82) is 0 Å². The number of para-hydroxylation sites is 1. The Hall–Kier alpha value is -4.47. The summed E-state index contributed by atoms with van der Waals surface area (Å²) in [4.78, 5) is 33.2. The van der Waals surface area contributed by atoms with Crippen molar-refractivity contribution >= 4 is 12.1 Å². The molecule has 2 N–H and O–H groups in total. The second-order valence-electron chi connectivity index (χ2n) is 11.5. The van der Waals surface area contributed by atoms with E-state index < -0.39 is 23.7 Å². The molecule has 4 aromatic rings. The van der Waals surface area contributed by atoms with Gasteiger partial charge in [0.05, 0.1) is 11.7 Å². The molecule has 1 saturated heterocycles. The molecule has 0 spiro atoms. The molecule has 1 saturated carbocycles. The van der Waals surface area contributed by atoms with Crippen LogP contribution in [0.25, 0.3) is 11.3 Å². The number of hydrogen-bond donors (Lipinski definition) is 2. The second kappa shape index (κ2) is 13.4. The zero-order valence-corrected chi connectivity index (χ0v) is 24.7. The number of carbonyl (C=O) groups is 2. The van der Waals surface area contributed by atoms with Gasteiger partial charge in [-0.3, -0.25) is 0 Å². The van der Waals surface area contributed by atoms with Gasteiger partial charge in [-0.15, -0.1) is 0 Å². The highest BCUT2D eigenvalue weighted by molar-refractivity contribution is 6.00. The van der Waals surface area contributed by atoms with Crippen LogP contribution in [0.2, 0.25) is 0 Å². The normalized spacial score (nSPS) is 20.2. The van der Waals surface area contributed by atoms with Crippen LogP contribution < -0.4 is 10.1 Å². The molecule has 0 radical (unpaired) electrons. The first-order valence-corrected chi connectivity index (χ1v) is 15.3. The number of nitrogens with zero attached hydrogens (tertiary/aromatic N) is 3. The second-order valence-corrected chi connectivity index (χ2v) is 11.5. The number of benzene rings is 3. The molecule has 44 heavy (non-hydrogen) atoms. The van der Waals surface area contributed by atoms with Crippen molar-refractivity contribution in [3.05, 3.63) is 108 Å². The summed E-state index contributed by atoms with van der Waals surface area (Å²) in [6, 6.07) is 28.5. The number of ether oxygens (including phenoxy) is 2. The Balaban J connectivity index is 1.44. The van der Waals surface area contributed by atoms with E-state index in [2.05, 4.69) is 5.32 Å². The fourth-order valence-electron chi connectivity index (χ4n) is 6.24. The molecule has 6 rings (SSSR count). The first-order valence-electron chi connectivity index (χ1n) is 15.3. The van der Waals surface area contributed by atoms with Crippen LogP contribution >= 0.6 is 0 Å². The smallest absolute Gasteiger partial charge is 0.417 e. The van der Waals surface area contributed by atoms with Gasteiger partial charge in [0.25, 0.3) is 0 Å². The number of aliphatic hydroxyl groups is 1. The Kier molecular flexibility index (Phi) is 9.04. The standard InChI is InChI=1S/C35H38N4O5/c40-33(44-34(41)38-22-20-36-21-23-38)31-32(27-14-6-2-7-15-27)39(30(37-31)24-26-12-4-1-5-13-26)29-18-10-11-19-35(29,42)25-43-28-16-8-3-9-17-28/h1-9,12-17,29,36,42H,10-11,18-25H2/t29-,35+/m1/s1. The summed E-state index contributed by atoms with van der Waals surface area (Å²) >= 11 is 0. The van der Waals surface area contributed by atoms with Crippen LogP contribution in [-0.2, 0) is 11.2 Å². The number of carbonyl (C=O) groups excluding carboxylic acids is 2. The van der Waals surface area contributed by atoms with Crippen LogP contribution in [0.5, 0.6) is 5.75 Å². The molecule has 1 aromatic heterocycles. The molecule has 0 unspecified atom stereocenters. The van der Waals surface area contributed by atoms with E-state index in [1.165, 1.54) is 4.90 Å². The van der Waals surface area contributed by atoms with Crippen molar-refractivity contribution in [2.45, 2.75) is 43.7 Å². The van der Waals surface area contributed by atoms with Gasteiger partial charge in [-0.05, 0) is 30.5 Å². The minimum absolute atomic E-state index is 0.0579. The molecular formula is C35H38N4O5. The number of esters is 1. The van der Waals surface area contributed by atoms with Crippen LogP contribution in [0.4, 0.5) is 4.79 Å². The van der Waals surface area contributed by atoms with Crippen molar-refractivity contribution in [2.24, 2.45) is 0 Å². The number of imidazole rings is 1. The Morgan fingerprint density at radius 1 is 0.909 bits per heavy atom. The lowest BCUT2D eigenvalue weighted by molar-refractivity contribution is -0.0724. The summed E-state index contributed by atoms with van der Waals surface area (Å²) in [6.45, 7) is 2.28. The fourth-order valence-corrected chi connectivity index (χ4v) is 6.24. The van der Waals surface area contributed by atoms with Gasteiger partial charge < -0.3 is 29.4 Å². The summed E-state index contributed by atoms with van der Waals surface area (Å²) in [5.41, 5.74) is 1.11. The van der Waals surface area contributed by atoms with Gasteiger partial charge in [0.1, 0.15) is 23.8 Å². The highest BCUT2D eigenvalue weighted by Crippen LogP contribution is 2.43. The van der Waals surface area contributed by atoms with Crippen molar-refractivity contribution in [3.8, 4) is 17.0 Å². The summed E-state index contributed by atoms with van der Waals surface area (Å²) in [5.74, 6) is 0.487. The zero-order valence-electron chi connectivity index (χ0n) is 24.7. The third-order valence-electron chi connectivity index (χ3n) is 8.49. The van der Waals surface area contributed by atoms with Crippen molar-refractivity contribution in [1.82, 2.24) is 19.8 Å². The molecule has 2 atom stereocenters. The van der Waals surface area contributed by atoms with E-state index in [9.17, 15) is 14.7 Å². The molecule has 2 fully saturated rings. The Labute approximate surface area is 257 Å². The number of nitrogens with one attached hydrogen (secondary N) is 1. The lowest BCUT2D eigenvalue weighted by Gasteiger charge is -2.41. The predicted molar refractivity (Wildman–Crippen MR) is 167 cm³/mol. The summed E-state index contributed by atoms with van der Waals surface area (Å²) < 4.78 is 13.6. The minimum atomic E-state index is -1.23. The molecular weight excluding hydrogens is 556 g/mol. The largest absolute Gasteiger partial charge is 0.491 e. The van der Waals surface area contributed by atoms with Crippen LogP contribution in [0.15, 0.2) is 91.0 Å². The number of hydrogen-bond acceptors (Lipinski definition) is 7. The van der Waals surface area contributed by atoms with E-state index in [-0.39, 0.29) is 12.3 Å². The molecule has 1 aliphatic carbocycles. The van der Waals surface area contributed by atoms with Gasteiger partial charge >= 0.3 is 12.1 Å². The quantitative estimate of drug-likeness (QED) is 0.212. The van der Waals surface area contributed by atoms with Gasteiger partial charge in [-0.1, -0.05) is 91.7 Å². The van der Waals surface area contributed by atoms with Crippen molar-refractivity contribution < 1.29 is 24.2 Å². The number of amides is 1. The maximum atomic E-state index is 13.8. The fraction of sp³-hybridized carbons (Fsp3) is 0.343. The molecule has 1 aliphatic heterocycles. The van der Waals surface area contributed by atoms with Gasteiger partial charge in [0.15, 0.2) is 5.69 Å². The zero-order chi connectivity index (χ0) is 30.4. The van der Waals surface area contributed by atoms with E-state index in [0.717, 1.165) is 24.0 Å². The Bertz CT molecular complexity index is 1550. The lowest BCUT2D eigenvalue weighted by atomic mass is 9.80. The maximum Gasteiger partial charge on any atom is 0.417 e. The summed E-state index contributed by atoms with van der Waals surface area (Å²) in [5, 5.41) is 15.5. The number of aromatic nitrogens is 2. The molecule has 3 aromatic carbocycles. The van der Waals surface area contributed by atoms with Gasteiger partial charge in [-0.2, -0.15) is 0 Å². The van der Waals surface area contributed by atoms with Crippen LogP contribution in [0.3, 0.4) is 0 Å². The third-order valence-corrected chi connectivity index (χ3v) is 8.49. The topological polar surface area (TPSA) is 106 Å². The molecule has 228 valence electrons. The molecule has 0 bridgehead atoms. The first kappa shape index (κ1) is 29.6. The molecule has 2 heterocycles. The predicted octanol–water partition coefficient (Wildman–Crippen LogP) is 5.25. The Morgan fingerprint density at radius 2 is 1.57 bits per heavy atom.